The summed E-state index contributed by atoms with van der Waals surface area (Å²) in [4.78, 5) is 1.41. The van der Waals surface area contributed by atoms with Crippen LogP contribution in [0.1, 0.15) is 36.1 Å². The topological polar surface area (TPSA) is 0 Å². The summed E-state index contributed by atoms with van der Waals surface area (Å²) in [6.07, 6.45) is 8.13. The molecular formula is C21H26BrNS. The minimum atomic E-state index is 0. The van der Waals surface area contributed by atoms with Gasteiger partial charge in [-0.1, -0.05) is 42.5 Å². The Kier molecular flexibility index (Phi) is 5.33. The molecule has 2 aromatic rings. The van der Waals surface area contributed by atoms with Crippen LogP contribution in [0.15, 0.2) is 53.9 Å². The normalized spacial score (nSPS) is 28.4. The van der Waals surface area contributed by atoms with Crippen molar-refractivity contribution in [1.29, 1.82) is 0 Å². The molecule has 1 nitrogen and oxygen atoms in total. The van der Waals surface area contributed by atoms with Crippen molar-refractivity contribution in [2.24, 2.45) is 5.92 Å². The molecule has 3 heteroatoms. The van der Waals surface area contributed by atoms with E-state index in [4.69, 9.17) is 0 Å². The third-order valence-corrected chi connectivity index (χ3v) is 7.04. The first-order chi connectivity index (χ1) is 11.1. The highest BCUT2D eigenvalue weighted by Gasteiger charge is 2.48. The molecule has 1 unspecified atom stereocenters. The molecule has 0 spiro atoms. The lowest BCUT2D eigenvalue weighted by atomic mass is 9.86. The maximum absolute atomic E-state index is 2.59. The van der Waals surface area contributed by atoms with E-state index >= 15 is 0 Å². The molecule has 4 rings (SSSR count). The van der Waals surface area contributed by atoms with E-state index in [0.29, 0.717) is 0 Å². The second kappa shape index (κ2) is 7.15. The van der Waals surface area contributed by atoms with Crippen LogP contribution in [-0.4, -0.2) is 30.7 Å². The van der Waals surface area contributed by atoms with Crippen LogP contribution in [0.4, 0.5) is 0 Å². The maximum Gasteiger partial charge on any atom is 0.0896 e. The highest BCUT2D eigenvalue weighted by Crippen LogP contribution is 2.43. The van der Waals surface area contributed by atoms with Crippen LogP contribution in [0, 0.1) is 5.92 Å². The van der Waals surface area contributed by atoms with Gasteiger partial charge >= 0.3 is 0 Å². The van der Waals surface area contributed by atoms with Gasteiger partial charge in [0.15, 0.2) is 0 Å². The Labute approximate surface area is 160 Å². The zero-order valence-corrected chi connectivity index (χ0v) is 16.9. The summed E-state index contributed by atoms with van der Waals surface area (Å²) >= 11 is 1.86. The number of quaternary nitrogens is 1. The lowest BCUT2D eigenvalue weighted by Crippen LogP contribution is -3.00. The van der Waals surface area contributed by atoms with Crippen molar-refractivity contribution < 1.29 is 21.5 Å². The molecule has 2 fully saturated rings. The number of fused-ring (bicyclic) bond motifs is 2. The third-order valence-electron chi connectivity index (χ3n) is 6.14. The second-order valence-corrected chi connectivity index (χ2v) is 8.62. The van der Waals surface area contributed by atoms with Crippen LogP contribution in [0.3, 0.4) is 0 Å². The molecule has 0 N–H and O–H groups in total. The summed E-state index contributed by atoms with van der Waals surface area (Å²) in [5.41, 5.74) is 2.80. The molecule has 0 saturated carbocycles. The van der Waals surface area contributed by atoms with Crippen molar-refractivity contribution in [2.75, 3.05) is 14.1 Å². The Morgan fingerprint density at radius 1 is 1.00 bits per heavy atom. The van der Waals surface area contributed by atoms with Gasteiger partial charge in [-0.3, -0.25) is 0 Å². The number of hydrogen-bond acceptors (Lipinski definition) is 1. The van der Waals surface area contributed by atoms with Gasteiger partial charge in [0.1, 0.15) is 0 Å². The molecule has 3 atom stereocenters. The van der Waals surface area contributed by atoms with Crippen molar-refractivity contribution in [3.63, 3.8) is 0 Å². The maximum atomic E-state index is 2.59. The smallest absolute Gasteiger partial charge is 0.0896 e. The molecule has 1 aromatic carbocycles. The zero-order chi connectivity index (χ0) is 15.9. The van der Waals surface area contributed by atoms with Crippen molar-refractivity contribution in [3.8, 4) is 0 Å². The highest BCUT2D eigenvalue weighted by atomic mass is 79.9. The number of allylic oxidation sites excluding steroid dienone is 1. The van der Waals surface area contributed by atoms with E-state index in [2.05, 4.69) is 68.0 Å². The zero-order valence-electron chi connectivity index (χ0n) is 14.5. The molecule has 2 aliphatic heterocycles. The molecule has 0 radical (unpaired) electrons. The number of hydrogen-bond donors (Lipinski definition) is 0. The molecule has 128 valence electrons. The van der Waals surface area contributed by atoms with E-state index in [1.54, 1.807) is 0 Å². The van der Waals surface area contributed by atoms with Gasteiger partial charge in [0.25, 0.3) is 0 Å². The summed E-state index contributed by atoms with van der Waals surface area (Å²) in [6, 6.07) is 17.1. The molecule has 24 heavy (non-hydrogen) atoms. The van der Waals surface area contributed by atoms with E-state index in [0.717, 1.165) is 18.0 Å². The van der Waals surface area contributed by atoms with E-state index < -0.39 is 0 Å². The Balaban J connectivity index is 0.00000169. The lowest BCUT2D eigenvalue weighted by molar-refractivity contribution is -0.931. The monoisotopic (exact) mass is 403 g/mol. The Morgan fingerprint density at radius 3 is 2.25 bits per heavy atom. The van der Waals surface area contributed by atoms with Crippen molar-refractivity contribution in [3.05, 3.63) is 64.4 Å². The highest BCUT2D eigenvalue weighted by molar-refractivity contribution is 7.11. The second-order valence-electron chi connectivity index (χ2n) is 7.67. The third kappa shape index (κ3) is 3.26. The standard InChI is InChI=1S/C21H26NS.BrH/c1-22(2)18-10-11-19(22)14-16(13-18)15-20(21-9-6-12-23-21)17-7-4-3-5-8-17;/h3-9,12,15-16,18-19H,10-11,13-14H2,1-2H3;1H/q+1;/p-1/b20-15-;/t16?,18-,19+;. The minimum absolute atomic E-state index is 0. The van der Waals surface area contributed by atoms with E-state index in [1.807, 2.05) is 11.3 Å². The van der Waals surface area contributed by atoms with Crippen LogP contribution in [-0.2, 0) is 0 Å². The van der Waals surface area contributed by atoms with Crippen molar-refractivity contribution in [2.45, 2.75) is 37.8 Å². The molecule has 3 heterocycles. The van der Waals surface area contributed by atoms with Crippen molar-refractivity contribution >= 4 is 16.9 Å². The largest absolute Gasteiger partial charge is 1.00 e. The first-order valence-corrected chi connectivity index (χ1v) is 9.67. The van der Waals surface area contributed by atoms with Crippen LogP contribution < -0.4 is 17.0 Å². The molecular weight excluding hydrogens is 378 g/mol. The van der Waals surface area contributed by atoms with E-state index in [1.165, 1.54) is 46.2 Å². The van der Waals surface area contributed by atoms with E-state index in [9.17, 15) is 0 Å². The van der Waals surface area contributed by atoms with Gasteiger partial charge in [0.05, 0.1) is 26.2 Å². The van der Waals surface area contributed by atoms with Gasteiger partial charge in [0.2, 0.25) is 0 Å². The van der Waals surface area contributed by atoms with Crippen LogP contribution in [0.5, 0.6) is 0 Å². The minimum Gasteiger partial charge on any atom is -1.00 e. The number of benzene rings is 1. The SMILES string of the molecule is C[N+]1(C)[C@@H]2CC[C@H]1CC(/C=C(/c1ccccc1)c1cccs1)C2.[Br-]. The lowest BCUT2D eigenvalue weighted by Gasteiger charge is -2.43. The predicted molar refractivity (Wildman–Crippen MR) is 99.5 cm³/mol. The number of rotatable bonds is 3. The number of piperidine rings is 1. The summed E-state index contributed by atoms with van der Waals surface area (Å²) < 4.78 is 1.25. The van der Waals surface area contributed by atoms with E-state index in [-0.39, 0.29) is 17.0 Å². The van der Waals surface area contributed by atoms with Gasteiger partial charge in [-0.05, 0) is 28.5 Å². The predicted octanol–water partition coefficient (Wildman–Crippen LogP) is 2.20. The Morgan fingerprint density at radius 2 is 1.67 bits per heavy atom. The Hall–Kier alpha value is -0.900. The molecule has 2 aliphatic rings. The quantitative estimate of drug-likeness (QED) is 0.689. The molecule has 0 amide bonds. The Bertz CT molecular complexity index is 674. The van der Waals surface area contributed by atoms with Gasteiger partial charge in [-0.25, -0.2) is 0 Å². The first kappa shape index (κ1) is 17.9. The molecule has 2 bridgehead atoms. The summed E-state index contributed by atoms with van der Waals surface area (Å²) in [5, 5.41) is 2.19. The molecule has 1 aromatic heterocycles. The van der Waals surface area contributed by atoms with Crippen LogP contribution in [0.25, 0.3) is 5.57 Å². The average molecular weight is 404 g/mol. The molecule has 2 saturated heterocycles. The number of nitrogens with zero attached hydrogens (tertiary/aromatic N) is 1. The van der Waals surface area contributed by atoms with Gasteiger partial charge in [-0.2, -0.15) is 0 Å². The molecule has 0 aliphatic carbocycles. The summed E-state index contributed by atoms with van der Waals surface area (Å²) in [5.74, 6) is 0.732. The fourth-order valence-corrected chi connectivity index (χ4v) is 5.44. The van der Waals surface area contributed by atoms with Gasteiger partial charge in [0, 0.05) is 30.6 Å². The summed E-state index contributed by atoms with van der Waals surface area (Å²) in [7, 11) is 4.89. The summed E-state index contributed by atoms with van der Waals surface area (Å²) in [6.45, 7) is 0. The van der Waals surface area contributed by atoms with Crippen molar-refractivity contribution in [1.82, 2.24) is 0 Å². The fraction of sp³-hybridized carbons (Fsp3) is 0.429. The fourth-order valence-electron chi connectivity index (χ4n) is 4.66. The first-order valence-electron chi connectivity index (χ1n) is 8.79. The van der Waals surface area contributed by atoms with Crippen LogP contribution in [0.2, 0.25) is 0 Å². The number of halogens is 1. The van der Waals surface area contributed by atoms with Crippen LogP contribution >= 0.6 is 11.3 Å². The average Bonchev–Trinajstić information content (AvgIpc) is 3.09. The van der Waals surface area contributed by atoms with Gasteiger partial charge in [-0.15, -0.1) is 11.3 Å². The number of thiophene rings is 1. The van der Waals surface area contributed by atoms with Gasteiger partial charge < -0.3 is 21.5 Å².